The largest absolute Gasteiger partial charge is 0.481 e. The first-order valence-electron chi connectivity index (χ1n) is 11.4. The molecule has 1 aliphatic heterocycles. The molecule has 0 bridgehead atoms. The maximum absolute atomic E-state index is 12.7. The van der Waals surface area contributed by atoms with E-state index in [1.165, 1.54) is 0 Å². The first-order valence-corrected chi connectivity index (χ1v) is 11.4. The molecule has 2 aromatic carbocycles. The van der Waals surface area contributed by atoms with Gasteiger partial charge in [0.25, 0.3) is 0 Å². The second-order valence-electron chi connectivity index (χ2n) is 8.45. The predicted octanol–water partition coefficient (Wildman–Crippen LogP) is 2.15. The molecule has 2 unspecified atom stereocenters. The van der Waals surface area contributed by atoms with Crippen molar-refractivity contribution in [2.24, 2.45) is 0 Å². The average molecular weight is 466 g/mol. The number of ether oxygens (including phenoxy) is 1. The van der Waals surface area contributed by atoms with Crippen LogP contribution in [0.25, 0.3) is 11.1 Å². The summed E-state index contributed by atoms with van der Waals surface area (Å²) in [5.74, 6) is -2.15. The first kappa shape index (κ1) is 23.3. The van der Waals surface area contributed by atoms with Gasteiger partial charge in [-0.2, -0.15) is 0 Å². The quantitative estimate of drug-likeness (QED) is 0.472. The third-order valence-electron chi connectivity index (χ3n) is 6.20. The van der Waals surface area contributed by atoms with Crippen molar-refractivity contribution in [2.75, 3.05) is 13.2 Å². The number of hydrogen-bond acceptors (Lipinski definition) is 5. The molecule has 178 valence electrons. The van der Waals surface area contributed by atoms with Crippen molar-refractivity contribution >= 4 is 23.9 Å². The number of alkyl carbamates (subject to hydrolysis) is 1. The number of piperidine rings is 1. The predicted molar refractivity (Wildman–Crippen MR) is 123 cm³/mol. The second-order valence-corrected chi connectivity index (χ2v) is 8.45. The van der Waals surface area contributed by atoms with E-state index >= 15 is 0 Å². The van der Waals surface area contributed by atoms with Crippen molar-refractivity contribution in [1.82, 2.24) is 16.0 Å². The molecule has 1 heterocycles. The summed E-state index contributed by atoms with van der Waals surface area (Å²) in [6.07, 6.45) is -0.0662. The molecule has 9 heteroatoms. The van der Waals surface area contributed by atoms with Gasteiger partial charge in [-0.05, 0) is 41.5 Å². The molecule has 2 atom stereocenters. The highest BCUT2D eigenvalue weighted by Gasteiger charge is 2.31. The third kappa shape index (κ3) is 5.19. The second kappa shape index (κ2) is 10.4. The van der Waals surface area contributed by atoms with E-state index in [-0.39, 0.29) is 31.3 Å². The summed E-state index contributed by atoms with van der Waals surface area (Å²) in [6, 6.07) is 14.0. The van der Waals surface area contributed by atoms with E-state index in [9.17, 15) is 19.2 Å². The fourth-order valence-electron chi connectivity index (χ4n) is 4.50. The Hall–Kier alpha value is -3.88. The van der Waals surface area contributed by atoms with Crippen molar-refractivity contribution in [3.05, 3.63) is 59.7 Å². The number of carboxylic acid groups (broad SMARTS) is 1. The summed E-state index contributed by atoms with van der Waals surface area (Å²) in [5, 5.41) is 16.8. The van der Waals surface area contributed by atoms with Gasteiger partial charge in [0.05, 0.1) is 0 Å². The number of amides is 3. The molecule has 34 heavy (non-hydrogen) atoms. The van der Waals surface area contributed by atoms with E-state index < -0.39 is 30.1 Å². The third-order valence-corrected chi connectivity index (χ3v) is 6.20. The lowest BCUT2D eigenvalue weighted by atomic mass is 9.98. The minimum Gasteiger partial charge on any atom is -0.481 e. The Kier molecular flexibility index (Phi) is 7.10. The molecule has 2 aromatic rings. The molecule has 0 saturated carbocycles. The minimum atomic E-state index is -1.14. The smallest absolute Gasteiger partial charge is 0.407 e. The Balaban J connectivity index is 1.40. The van der Waals surface area contributed by atoms with Crippen molar-refractivity contribution in [1.29, 1.82) is 0 Å². The maximum atomic E-state index is 12.7. The molecule has 4 N–H and O–H groups in total. The summed E-state index contributed by atoms with van der Waals surface area (Å²) >= 11 is 0. The number of hydrogen-bond donors (Lipinski definition) is 4. The zero-order valence-electron chi connectivity index (χ0n) is 18.6. The van der Waals surface area contributed by atoms with Gasteiger partial charge < -0.3 is 25.8 Å². The van der Waals surface area contributed by atoms with Crippen LogP contribution in [-0.2, 0) is 19.1 Å². The highest BCUT2D eigenvalue weighted by atomic mass is 16.5. The maximum Gasteiger partial charge on any atom is 0.407 e. The molecule has 1 saturated heterocycles. The molecule has 0 aromatic heterocycles. The van der Waals surface area contributed by atoms with Crippen molar-refractivity contribution in [2.45, 2.75) is 43.7 Å². The van der Waals surface area contributed by atoms with E-state index in [4.69, 9.17) is 9.84 Å². The van der Waals surface area contributed by atoms with Crippen LogP contribution in [0.2, 0.25) is 0 Å². The van der Waals surface area contributed by atoms with Gasteiger partial charge in [-0.1, -0.05) is 48.5 Å². The van der Waals surface area contributed by atoms with Crippen LogP contribution in [-0.4, -0.2) is 54.2 Å². The first-order chi connectivity index (χ1) is 16.4. The van der Waals surface area contributed by atoms with Crippen LogP contribution in [0, 0.1) is 0 Å². The molecule has 0 radical (unpaired) electrons. The van der Waals surface area contributed by atoms with Crippen molar-refractivity contribution in [3.63, 3.8) is 0 Å². The zero-order valence-corrected chi connectivity index (χ0v) is 18.6. The Bertz CT molecular complexity index is 1060. The summed E-state index contributed by atoms with van der Waals surface area (Å²) in [5.41, 5.74) is 4.30. The number of carbonyl (C=O) groups excluding carboxylic acids is 3. The van der Waals surface area contributed by atoms with Gasteiger partial charge in [-0.25, -0.2) is 4.79 Å². The van der Waals surface area contributed by atoms with Crippen LogP contribution in [0.4, 0.5) is 4.79 Å². The molecule has 9 nitrogen and oxygen atoms in total. The normalized spacial score (nSPS) is 17.6. The van der Waals surface area contributed by atoms with Gasteiger partial charge in [0.15, 0.2) is 0 Å². The van der Waals surface area contributed by atoms with E-state index in [0.29, 0.717) is 13.0 Å². The van der Waals surface area contributed by atoms with E-state index in [1.54, 1.807) is 0 Å². The lowest BCUT2D eigenvalue weighted by Crippen LogP contribution is -2.55. The van der Waals surface area contributed by atoms with Gasteiger partial charge in [-0.15, -0.1) is 0 Å². The highest BCUT2D eigenvalue weighted by Crippen LogP contribution is 2.44. The Morgan fingerprint density at radius 1 is 1.06 bits per heavy atom. The summed E-state index contributed by atoms with van der Waals surface area (Å²) in [4.78, 5) is 48.3. The number of rotatable bonds is 8. The number of nitrogens with one attached hydrogen (secondary N) is 3. The van der Waals surface area contributed by atoms with Crippen molar-refractivity contribution < 1.29 is 29.0 Å². The number of carbonyl (C=O) groups is 4. The monoisotopic (exact) mass is 465 g/mol. The molecular weight excluding hydrogens is 438 g/mol. The average Bonchev–Trinajstić information content (AvgIpc) is 3.15. The molecule has 1 fully saturated rings. The molecule has 0 spiro atoms. The van der Waals surface area contributed by atoms with Crippen LogP contribution in [0.1, 0.15) is 42.7 Å². The Morgan fingerprint density at radius 3 is 2.32 bits per heavy atom. The summed E-state index contributed by atoms with van der Waals surface area (Å²) in [6.45, 7) is 0.615. The van der Waals surface area contributed by atoms with E-state index in [2.05, 4.69) is 16.0 Å². The van der Waals surface area contributed by atoms with Crippen LogP contribution >= 0.6 is 0 Å². The van der Waals surface area contributed by atoms with Gasteiger partial charge in [0, 0.05) is 18.9 Å². The number of benzene rings is 2. The van der Waals surface area contributed by atoms with Crippen molar-refractivity contribution in [3.8, 4) is 11.1 Å². The standard InChI is InChI=1S/C25H27N3O6/c29-22(30)12-11-21(24(32)27-20-10-5-13-26-23(20)31)28-25(33)34-14-19-17-8-3-1-6-15(17)16-7-2-4-9-18(16)19/h1-4,6-9,19-21H,5,10-14H2,(H,26,31)(H,27,32)(H,28,33)(H,29,30). The number of aliphatic carboxylic acids is 1. The van der Waals surface area contributed by atoms with Crippen LogP contribution in [0.3, 0.4) is 0 Å². The Morgan fingerprint density at radius 2 is 1.71 bits per heavy atom. The molecule has 3 amide bonds. The topological polar surface area (TPSA) is 134 Å². The van der Waals surface area contributed by atoms with Gasteiger partial charge in [0.2, 0.25) is 11.8 Å². The van der Waals surface area contributed by atoms with Crippen LogP contribution < -0.4 is 16.0 Å². The van der Waals surface area contributed by atoms with Gasteiger partial charge in [-0.3, -0.25) is 14.4 Å². The fourth-order valence-corrected chi connectivity index (χ4v) is 4.50. The molecule has 2 aliphatic rings. The number of carboxylic acids is 1. The van der Waals surface area contributed by atoms with Crippen LogP contribution in [0.15, 0.2) is 48.5 Å². The zero-order chi connectivity index (χ0) is 24.1. The SMILES string of the molecule is O=C(O)CCC(NC(=O)OCC1c2ccccc2-c2ccccc21)C(=O)NC1CCCNC1=O. The number of fused-ring (bicyclic) bond motifs is 3. The van der Waals surface area contributed by atoms with E-state index in [1.807, 2.05) is 48.5 Å². The van der Waals surface area contributed by atoms with E-state index in [0.717, 1.165) is 28.7 Å². The lowest BCUT2D eigenvalue weighted by Gasteiger charge is -2.25. The Labute approximate surface area is 196 Å². The van der Waals surface area contributed by atoms with Gasteiger partial charge >= 0.3 is 12.1 Å². The van der Waals surface area contributed by atoms with Crippen LogP contribution in [0.5, 0.6) is 0 Å². The fraction of sp³-hybridized carbons (Fsp3) is 0.360. The lowest BCUT2D eigenvalue weighted by molar-refractivity contribution is -0.137. The highest BCUT2D eigenvalue weighted by molar-refractivity contribution is 5.91. The molecular formula is C25H27N3O6. The van der Waals surface area contributed by atoms with Gasteiger partial charge in [0.1, 0.15) is 18.7 Å². The molecule has 4 rings (SSSR count). The molecule has 1 aliphatic carbocycles. The minimum absolute atomic E-state index is 0.0676. The summed E-state index contributed by atoms with van der Waals surface area (Å²) in [7, 11) is 0. The summed E-state index contributed by atoms with van der Waals surface area (Å²) < 4.78 is 5.48.